The van der Waals surface area contributed by atoms with Crippen LogP contribution in [0.4, 0.5) is 5.69 Å². The topological polar surface area (TPSA) is 79.9 Å². The molecule has 0 atom stereocenters. The van der Waals surface area contributed by atoms with E-state index >= 15 is 0 Å². The van der Waals surface area contributed by atoms with E-state index in [1.807, 2.05) is 6.92 Å². The highest BCUT2D eigenvalue weighted by molar-refractivity contribution is 6.07. The molecule has 6 nitrogen and oxygen atoms in total. The molecule has 2 aromatic rings. The van der Waals surface area contributed by atoms with E-state index in [0.29, 0.717) is 29.3 Å². The summed E-state index contributed by atoms with van der Waals surface area (Å²) in [5, 5.41) is 10.3. The van der Waals surface area contributed by atoms with E-state index in [0.717, 1.165) is 11.8 Å². The van der Waals surface area contributed by atoms with Gasteiger partial charge in [-0.3, -0.25) is 9.89 Å². The molecule has 2 rings (SSSR count). The molecule has 0 spiro atoms. The van der Waals surface area contributed by atoms with Gasteiger partial charge in [-0.05, 0) is 26.3 Å². The largest absolute Gasteiger partial charge is 0.498 e. The number of allylic oxidation sites excluding steroid dienone is 1. The molecule has 6 heteroatoms. The molecule has 0 aliphatic heterocycles. The van der Waals surface area contributed by atoms with E-state index in [1.54, 1.807) is 32.3 Å². The van der Waals surface area contributed by atoms with Crippen LogP contribution in [0.5, 0.6) is 0 Å². The lowest BCUT2D eigenvalue weighted by atomic mass is 10.2. The summed E-state index contributed by atoms with van der Waals surface area (Å²) in [7, 11) is 0. The maximum Gasteiger partial charge on any atom is 0.254 e. The molecule has 0 aliphatic carbocycles. The molecule has 0 aliphatic rings. The van der Waals surface area contributed by atoms with Crippen LogP contribution in [0.25, 0.3) is 11.0 Å². The Hall–Kier alpha value is -2.37. The third-order valence-corrected chi connectivity index (χ3v) is 2.99. The lowest BCUT2D eigenvalue weighted by molar-refractivity contribution is -0.113. The number of hydrogen-bond acceptors (Lipinski definition) is 4. The number of nitrogens with one attached hydrogen (secondary N) is 2. The zero-order chi connectivity index (χ0) is 14.5. The Kier molecular flexibility index (Phi) is 4.34. The van der Waals surface area contributed by atoms with E-state index in [2.05, 4.69) is 20.5 Å². The first-order valence-corrected chi connectivity index (χ1v) is 6.53. The van der Waals surface area contributed by atoms with Gasteiger partial charge in [0.1, 0.15) is 5.76 Å². The molecule has 0 fully saturated rings. The molecule has 2 heterocycles. The molecule has 106 valence electrons. The van der Waals surface area contributed by atoms with Crippen molar-refractivity contribution in [1.29, 1.82) is 0 Å². The van der Waals surface area contributed by atoms with Gasteiger partial charge in [0, 0.05) is 6.20 Å². The number of H-pyrrole nitrogens is 1. The predicted molar refractivity (Wildman–Crippen MR) is 77.1 cm³/mol. The lowest BCUT2D eigenvalue weighted by Crippen LogP contribution is -2.15. The number of fused-ring (bicyclic) bond motifs is 1. The third kappa shape index (κ3) is 2.96. The van der Waals surface area contributed by atoms with Gasteiger partial charge in [-0.25, -0.2) is 4.98 Å². The maximum absolute atomic E-state index is 12.2. The number of hydrogen-bond donors (Lipinski definition) is 2. The Balaban J connectivity index is 2.17. The standard InChI is InChI=1S/C14H18N4O2/c1-4-7-20-10(3)9(2)14(19)17-12-5-6-15-13-11(12)8-16-18-13/h5-6,8H,4,7H2,1-3H3,(H2,15,16,17,18,19)/b10-9-. The Morgan fingerprint density at radius 2 is 2.25 bits per heavy atom. The number of nitrogens with zero attached hydrogens (tertiary/aromatic N) is 2. The minimum absolute atomic E-state index is 0.188. The van der Waals surface area contributed by atoms with E-state index in [-0.39, 0.29) is 5.91 Å². The fourth-order valence-corrected chi connectivity index (χ4v) is 1.70. The summed E-state index contributed by atoms with van der Waals surface area (Å²) in [4.78, 5) is 16.3. The molecule has 20 heavy (non-hydrogen) atoms. The zero-order valence-corrected chi connectivity index (χ0v) is 11.9. The Morgan fingerprint density at radius 1 is 1.45 bits per heavy atom. The van der Waals surface area contributed by atoms with E-state index < -0.39 is 0 Å². The summed E-state index contributed by atoms with van der Waals surface area (Å²) in [6, 6.07) is 1.74. The molecule has 0 bridgehead atoms. The first-order valence-electron chi connectivity index (χ1n) is 6.53. The lowest BCUT2D eigenvalue weighted by Gasteiger charge is -2.10. The minimum atomic E-state index is -0.188. The van der Waals surface area contributed by atoms with Crippen LogP contribution < -0.4 is 5.32 Å². The number of amides is 1. The molecule has 0 saturated carbocycles. The summed E-state index contributed by atoms with van der Waals surface area (Å²) in [6.07, 6.45) is 4.17. The molecule has 0 radical (unpaired) electrons. The number of carbonyl (C=O) groups excluding carboxylic acids is 1. The molecular formula is C14H18N4O2. The van der Waals surface area contributed by atoms with Crippen molar-refractivity contribution < 1.29 is 9.53 Å². The van der Waals surface area contributed by atoms with Gasteiger partial charge in [-0.15, -0.1) is 0 Å². The summed E-state index contributed by atoms with van der Waals surface area (Å²) in [5.41, 5.74) is 1.88. The summed E-state index contributed by atoms with van der Waals surface area (Å²) in [6.45, 7) is 6.17. The van der Waals surface area contributed by atoms with E-state index in [9.17, 15) is 4.79 Å². The highest BCUT2D eigenvalue weighted by atomic mass is 16.5. The molecule has 0 aromatic carbocycles. The van der Waals surface area contributed by atoms with Crippen molar-refractivity contribution in [2.75, 3.05) is 11.9 Å². The average molecular weight is 274 g/mol. The summed E-state index contributed by atoms with van der Waals surface area (Å²) < 4.78 is 5.47. The van der Waals surface area contributed by atoms with Gasteiger partial charge in [0.05, 0.1) is 29.5 Å². The second-order valence-electron chi connectivity index (χ2n) is 4.47. The van der Waals surface area contributed by atoms with Gasteiger partial charge in [0.25, 0.3) is 5.91 Å². The molecule has 0 saturated heterocycles. The third-order valence-electron chi connectivity index (χ3n) is 2.99. The van der Waals surface area contributed by atoms with Crippen LogP contribution in [-0.4, -0.2) is 27.7 Å². The van der Waals surface area contributed by atoms with Crippen molar-refractivity contribution in [3.8, 4) is 0 Å². The number of pyridine rings is 1. The number of rotatable bonds is 5. The van der Waals surface area contributed by atoms with Crippen molar-refractivity contribution in [1.82, 2.24) is 15.2 Å². The molecule has 0 unspecified atom stereocenters. The van der Waals surface area contributed by atoms with Crippen LogP contribution in [0, 0.1) is 0 Å². The highest BCUT2D eigenvalue weighted by Gasteiger charge is 2.12. The van der Waals surface area contributed by atoms with Gasteiger partial charge in [0.15, 0.2) is 5.65 Å². The zero-order valence-electron chi connectivity index (χ0n) is 11.9. The van der Waals surface area contributed by atoms with Crippen LogP contribution in [0.3, 0.4) is 0 Å². The second-order valence-corrected chi connectivity index (χ2v) is 4.47. The van der Waals surface area contributed by atoms with Crippen molar-refractivity contribution >= 4 is 22.6 Å². The average Bonchev–Trinajstić information content (AvgIpc) is 2.93. The SMILES string of the molecule is CCCO/C(C)=C(/C)C(=O)Nc1ccnc2[nH]ncc12. The Morgan fingerprint density at radius 3 is 3.00 bits per heavy atom. The molecule has 2 N–H and O–H groups in total. The fourth-order valence-electron chi connectivity index (χ4n) is 1.70. The quantitative estimate of drug-likeness (QED) is 0.648. The van der Waals surface area contributed by atoms with Crippen LogP contribution >= 0.6 is 0 Å². The Labute approximate surface area is 117 Å². The number of anilines is 1. The first-order chi connectivity index (χ1) is 9.63. The van der Waals surface area contributed by atoms with Gasteiger partial charge < -0.3 is 10.1 Å². The second kappa shape index (κ2) is 6.18. The number of aromatic nitrogens is 3. The van der Waals surface area contributed by atoms with Crippen LogP contribution in [0.1, 0.15) is 27.2 Å². The van der Waals surface area contributed by atoms with Gasteiger partial charge in [0.2, 0.25) is 0 Å². The van der Waals surface area contributed by atoms with Crippen molar-refractivity contribution in [3.05, 3.63) is 29.8 Å². The number of aromatic amines is 1. The van der Waals surface area contributed by atoms with Crippen molar-refractivity contribution in [2.45, 2.75) is 27.2 Å². The van der Waals surface area contributed by atoms with Crippen LogP contribution in [0.15, 0.2) is 29.8 Å². The predicted octanol–water partition coefficient (Wildman–Crippen LogP) is 2.62. The smallest absolute Gasteiger partial charge is 0.254 e. The van der Waals surface area contributed by atoms with E-state index in [1.165, 1.54) is 0 Å². The maximum atomic E-state index is 12.2. The van der Waals surface area contributed by atoms with Crippen LogP contribution in [0.2, 0.25) is 0 Å². The molecule has 1 amide bonds. The van der Waals surface area contributed by atoms with Gasteiger partial charge in [-0.1, -0.05) is 6.92 Å². The molecular weight excluding hydrogens is 256 g/mol. The normalized spacial score (nSPS) is 12.2. The fraction of sp³-hybridized carbons (Fsp3) is 0.357. The van der Waals surface area contributed by atoms with Crippen molar-refractivity contribution in [3.63, 3.8) is 0 Å². The molecule has 2 aromatic heterocycles. The first kappa shape index (κ1) is 14.0. The van der Waals surface area contributed by atoms with Gasteiger partial charge in [-0.2, -0.15) is 5.10 Å². The summed E-state index contributed by atoms with van der Waals surface area (Å²) in [5.74, 6) is 0.453. The van der Waals surface area contributed by atoms with E-state index in [4.69, 9.17) is 4.74 Å². The minimum Gasteiger partial charge on any atom is -0.498 e. The van der Waals surface area contributed by atoms with Gasteiger partial charge >= 0.3 is 0 Å². The number of ether oxygens (including phenoxy) is 1. The summed E-state index contributed by atoms with van der Waals surface area (Å²) >= 11 is 0. The monoisotopic (exact) mass is 274 g/mol. The number of carbonyl (C=O) groups is 1. The highest BCUT2D eigenvalue weighted by Crippen LogP contribution is 2.20. The van der Waals surface area contributed by atoms with Crippen molar-refractivity contribution in [2.24, 2.45) is 0 Å². The van der Waals surface area contributed by atoms with Crippen LogP contribution in [-0.2, 0) is 9.53 Å². The Bertz CT molecular complexity index is 645.